The normalized spacial score (nSPS) is 15.2. The molecule has 3 heterocycles. The van der Waals surface area contributed by atoms with Gasteiger partial charge in [-0.05, 0) is 49.9 Å². The van der Waals surface area contributed by atoms with Crippen molar-refractivity contribution in [2.24, 2.45) is 0 Å². The minimum atomic E-state index is 0.142. The highest BCUT2D eigenvalue weighted by Gasteiger charge is 2.28. The van der Waals surface area contributed by atoms with E-state index in [1.165, 1.54) is 9.71 Å². The molecule has 2 aromatic carbocycles. The molecule has 1 amide bonds. The Hall–Kier alpha value is -2.79. The van der Waals surface area contributed by atoms with Gasteiger partial charge in [0.05, 0.1) is 26.3 Å². The molecule has 1 aliphatic rings. The van der Waals surface area contributed by atoms with Crippen molar-refractivity contribution in [1.29, 1.82) is 0 Å². The Kier molecular flexibility index (Phi) is 4.99. The van der Waals surface area contributed by atoms with Crippen molar-refractivity contribution in [3.8, 4) is 0 Å². The van der Waals surface area contributed by atoms with Crippen LogP contribution in [-0.2, 0) is 6.42 Å². The zero-order valence-electron chi connectivity index (χ0n) is 17.4. The van der Waals surface area contributed by atoms with Crippen LogP contribution in [0.1, 0.15) is 52.3 Å². The van der Waals surface area contributed by atoms with Crippen molar-refractivity contribution in [3.63, 3.8) is 0 Å². The first-order valence-electron chi connectivity index (χ1n) is 10.7. The predicted molar refractivity (Wildman–Crippen MR) is 123 cm³/mol. The summed E-state index contributed by atoms with van der Waals surface area (Å²) in [5, 5.41) is 2.17. The Labute approximate surface area is 180 Å². The van der Waals surface area contributed by atoms with Crippen LogP contribution in [0.15, 0.2) is 48.5 Å². The largest absolute Gasteiger partial charge is 0.339 e. The number of hydrogen-bond acceptors (Lipinski definition) is 4. The number of carbonyl (C=O) groups excluding carboxylic acids is 1. The van der Waals surface area contributed by atoms with Crippen molar-refractivity contribution < 1.29 is 4.79 Å². The number of benzene rings is 2. The monoisotopic (exact) mass is 415 g/mol. The van der Waals surface area contributed by atoms with E-state index in [2.05, 4.69) is 25.1 Å². The maximum atomic E-state index is 13.6. The number of para-hydroxylation sites is 2. The van der Waals surface area contributed by atoms with Gasteiger partial charge in [0.1, 0.15) is 0 Å². The van der Waals surface area contributed by atoms with Gasteiger partial charge in [0.2, 0.25) is 0 Å². The SMILES string of the molecule is CCc1nc2ccccc2c(C(=O)N2CCC(c3nc4ccccc4s3)CC2)c1C. The molecule has 5 rings (SSSR count). The van der Waals surface area contributed by atoms with E-state index in [9.17, 15) is 4.79 Å². The van der Waals surface area contributed by atoms with Gasteiger partial charge in [0.15, 0.2) is 0 Å². The summed E-state index contributed by atoms with van der Waals surface area (Å²) in [6.07, 6.45) is 2.76. The lowest BCUT2D eigenvalue weighted by atomic mass is 9.95. The minimum Gasteiger partial charge on any atom is -0.339 e. The Morgan fingerprint density at radius 3 is 2.47 bits per heavy atom. The van der Waals surface area contributed by atoms with Crippen molar-refractivity contribution in [3.05, 3.63) is 70.4 Å². The third-order valence-electron chi connectivity index (χ3n) is 6.23. The van der Waals surface area contributed by atoms with E-state index >= 15 is 0 Å². The van der Waals surface area contributed by atoms with Crippen LogP contribution in [0.5, 0.6) is 0 Å². The number of piperidine rings is 1. The molecule has 1 saturated heterocycles. The average molecular weight is 416 g/mol. The molecule has 30 heavy (non-hydrogen) atoms. The van der Waals surface area contributed by atoms with Gasteiger partial charge in [-0.1, -0.05) is 37.3 Å². The smallest absolute Gasteiger partial charge is 0.254 e. The van der Waals surface area contributed by atoms with Gasteiger partial charge in [-0.3, -0.25) is 9.78 Å². The van der Waals surface area contributed by atoms with Crippen LogP contribution in [0.2, 0.25) is 0 Å². The fraction of sp³-hybridized carbons (Fsp3) is 0.320. The van der Waals surface area contributed by atoms with Crippen LogP contribution in [0.25, 0.3) is 21.1 Å². The number of carbonyl (C=O) groups is 1. The molecule has 0 N–H and O–H groups in total. The second kappa shape index (κ2) is 7.80. The predicted octanol–water partition coefficient (Wildman–Crippen LogP) is 5.74. The summed E-state index contributed by atoms with van der Waals surface area (Å²) in [4.78, 5) is 25.2. The maximum absolute atomic E-state index is 13.6. The Balaban J connectivity index is 1.40. The number of rotatable bonds is 3. The van der Waals surface area contributed by atoms with Crippen LogP contribution in [0.3, 0.4) is 0 Å². The zero-order chi connectivity index (χ0) is 20.7. The molecule has 4 aromatic rings. The Morgan fingerprint density at radius 1 is 1.03 bits per heavy atom. The summed E-state index contributed by atoms with van der Waals surface area (Å²) in [5.74, 6) is 0.580. The standard InChI is InChI=1S/C25H25N3OS/c1-3-19-16(2)23(18-8-4-5-9-20(18)26-19)25(29)28-14-12-17(13-15-28)24-27-21-10-6-7-11-22(21)30-24/h4-11,17H,3,12-15H2,1-2H3. The molecule has 1 fully saturated rings. The van der Waals surface area contributed by atoms with E-state index in [1.54, 1.807) is 11.3 Å². The fourth-order valence-electron chi connectivity index (χ4n) is 4.53. The average Bonchev–Trinajstić information content (AvgIpc) is 3.23. The zero-order valence-corrected chi connectivity index (χ0v) is 18.2. The second-order valence-corrected chi connectivity index (χ2v) is 9.08. The first-order chi connectivity index (χ1) is 14.7. The molecule has 1 aliphatic heterocycles. The molecular formula is C25H25N3OS. The third-order valence-corrected chi connectivity index (χ3v) is 7.43. The fourth-order valence-corrected chi connectivity index (χ4v) is 5.67. The minimum absolute atomic E-state index is 0.142. The molecule has 0 unspecified atom stereocenters. The maximum Gasteiger partial charge on any atom is 0.254 e. The molecule has 0 bridgehead atoms. The van der Waals surface area contributed by atoms with Crippen molar-refractivity contribution in [2.45, 2.75) is 39.0 Å². The highest BCUT2D eigenvalue weighted by atomic mass is 32.1. The lowest BCUT2D eigenvalue weighted by molar-refractivity contribution is 0.0714. The molecule has 0 aliphatic carbocycles. The number of hydrogen-bond donors (Lipinski definition) is 0. The molecule has 152 valence electrons. The summed E-state index contributed by atoms with van der Waals surface area (Å²) >= 11 is 1.80. The van der Waals surface area contributed by atoms with Gasteiger partial charge in [0.25, 0.3) is 5.91 Å². The van der Waals surface area contributed by atoms with E-state index < -0.39 is 0 Å². The van der Waals surface area contributed by atoms with E-state index in [0.29, 0.717) is 5.92 Å². The first-order valence-corrected chi connectivity index (χ1v) is 11.5. The number of aryl methyl sites for hydroxylation is 1. The number of thiazole rings is 1. The number of pyridine rings is 1. The van der Waals surface area contributed by atoms with Gasteiger partial charge in [-0.15, -0.1) is 11.3 Å². The number of amides is 1. The Morgan fingerprint density at radius 2 is 1.73 bits per heavy atom. The van der Waals surface area contributed by atoms with Crippen LogP contribution in [0, 0.1) is 6.92 Å². The van der Waals surface area contributed by atoms with Crippen LogP contribution >= 0.6 is 11.3 Å². The summed E-state index contributed by atoms with van der Waals surface area (Å²) in [5.41, 5.74) is 4.86. The highest BCUT2D eigenvalue weighted by molar-refractivity contribution is 7.18. The summed E-state index contributed by atoms with van der Waals surface area (Å²) in [6.45, 7) is 5.69. The van der Waals surface area contributed by atoms with Gasteiger partial charge in [-0.2, -0.15) is 0 Å². The van der Waals surface area contributed by atoms with Crippen LogP contribution in [-0.4, -0.2) is 33.9 Å². The van der Waals surface area contributed by atoms with Gasteiger partial charge >= 0.3 is 0 Å². The number of fused-ring (bicyclic) bond motifs is 2. The van der Waals surface area contributed by atoms with Crippen molar-refractivity contribution in [2.75, 3.05) is 13.1 Å². The highest BCUT2D eigenvalue weighted by Crippen LogP contribution is 2.35. The van der Waals surface area contributed by atoms with Crippen LogP contribution in [0.4, 0.5) is 0 Å². The molecule has 0 saturated carbocycles. The van der Waals surface area contributed by atoms with E-state index in [1.807, 2.05) is 42.2 Å². The van der Waals surface area contributed by atoms with E-state index in [4.69, 9.17) is 9.97 Å². The van der Waals surface area contributed by atoms with E-state index in [0.717, 1.165) is 65.6 Å². The molecule has 0 radical (unpaired) electrons. The van der Waals surface area contributed by atoms with Crippen LogP contribution < -0.4 is 0 Å². The summed E-state index contributed by atoms with van der Waals surface area (Å²) in [7, 11) is 0. The lowest BCUT2D eigenvalue weighted by Crippen LogP contribution is -2.38. The molecular weight excluding hydrogens is 390 g/mol. The molecule has 5 heteroatoms. The number of nitrogens with zero attached hydrogens (tertiary/aromatic N) is 3. The molecule has 4 nitrogen and oxygen atoms in total. The molecule has 0 atom stereocenters. The van der Waals surface area contributed by atoms with E-state index in [-0.39, 0.29) is 5.91 Å². The third kappa shape index (κ3) is 3.27. The summed E-state index contributed by atoms with van der Waals surface area (Å²) < 4.78 is 1.25. The second-order valence-electron chi connectivity index (χ2n) is 8.02. The lowest BCUT2D eigenvalue weighted by Gasteiger charge is -2.32. The quantitative estimate of drug-likeness (QED) is 0.429. The van der Waals surface area contributed by atoms with Gasteiger partial charge in [-0.25, -0.2) is 4.98 Å². The molecule has 2 aromatic heterocycles. The van der Waals surface area contributed by atoms with Crippen molar-refractivity contribution in [1.82, 2.24) is 14.9 Å². The number of likely N-dealkylation sites (tertiary alicyclic amines) is 1. The topological polar surface area (TPSA) is 46.1 Å². The van der Waals surface area contributed by atoms with Gasteiger partial charge in [0, 0.05) is 30.1 Å². The van der Waals surface area contributed by atoms with Crippen molar-refractivity contribution >= 4 is 38.4 Å². The molecule has 0 spiro atoms. The number of aromatic nitrogens is 2. The summed E-state index contributed by atoms with van der Waals surface area (Å²) in [6, 6.07) is 16.3. The first kappa shape index (κ1) is 19.2. The Bertz CT molecular complexity index is 1200. The van der Waals surface area contributed by atoms with Gasteiger partial charge < -0.3 is 4.90 Å².